The SMILES string of the molecule is Fc1ccc2cccc(C(F)(F)F)c2c1Cl. The molecule has 2 rings (SSSR count). The lowest BCUT2D eigenvalue weighted by molar-refractivity contribution is -0.136. The topological polar surface area (TPSA) is 0 Å². The van der Waals surface area contributed by atoms with Gasteiger partial charge in [0.25, 0.3) is 0 Å². The van der Waals surface area contributed by atoms with E-state index in [9.17, 15) is 17.6 Å². The summed E-state index contributed by atoms with van der Waals surface area (Å²) in [6.45, 7) is 0. The maximum Gasteiger partial charge on any atom is 0.417 e. The van der Waals surface area contributed by atoms with Gasteiger partial charge in [-0.05, 0) is 17.5 Å². The van der Waals surface area contributed by atoms with Crippen molar-refractivity contribution in [2.24, 2.45) is 0 Å². The lowest BCUT2D eigenvalue weighted by atomic mass is 10.0. The molecule has 0 unspecified atom stereocenters. The van der Waals surface area contributed by atoms with Crippen molar-refractivity contribution in [1.82, 2.24) is 0 Å². The van der Waals surface area contributed by atoms with E-state index >= 15 is 0 Å². The highest BCUT2D eigenvalue weighted by Gasteiger charge is 2.33. The van der Waals surface area contributed by atoms with Crippen LogP contribution in [0, 0.1) is 5.82 Å². The van der Waals surface area contributed by atoms with E-state index in [0.29, 0.717) is 0 Å². The molecule has 5 heteroatoms. The molecule has 0 aliphatic heterocycles. The van der Waals surface area contributed by atoms with E-state index in [1.165, 1.54) is 18.2 Å². The number of benzene rings is 2. The zero-order chi connectivity index (χ0) is 11.9. The van der Waals surface area contributed by atoms with Crippen LogP contribution in [0.4, 0.5) is 17.6 Å². The molecule has 0 aliphatic rings. The van der Waals surface area contributed by atoms with Gasteiger partial charge in [-0.25, -0.2) is 4.39 Å². The van der Waals surface area contributed by atoms with Gasteiger partial charge in [-0.1, -0.05) is 29.8 Å². The van der Waals surface area contributed by atoms with Crippen LogP contribution in [-0.4, -0.2) is 0 Å². The smallest absolute Gasteiger partial charge is 0.205 e. The monoisotopic (exact) mass is 248 g/mol. The molecule has 84 valence electrons. The molecule has 0 aliphatic carbocycles. The normalized spacial score (nSPS) is 12.1. The molecule has 0 aromatic heterocycles. The van der Waals surface area contributed by atoms with E-state index in [1.807, 2.05) is 0 Å². The Labute approximate surface area is 93.4 Å². The second-order valence-corrected chi connectivity index (χ2v) is 3.64. The van der Waals surface area contributed by atoms with Gasteiger partial charge < -0.3 is 0 Å². The Hall–Kier alpha value is -1.29. The van der Waals surface area contributed by atoms with Crippen molar-refractivity contribution in [2.45, 2.75) is 6.18 Å². The van der Waals surface area contributed by atoms with E-state index in [2.05, 4.69) is 0 Å². The number of halogens is 5. The van der Waals surface area contributed by atoms with Gasteiger partial charge in [-0.15, -0.1) is 0 Å². The average molecular weight is 249 g/mol. The van der Waals surface area contributed by atoms with E-state index in [4.69, 9.17) is 11.6 Å². The molecule has 0 saturated heterocycles. The Bertz CT molecular complexity index is 545. The maximum atomic E-state index is 13.1. The minimum absolute atomic E-state index is 0.265. The molecular formula is C11H5ClF4. The third-order valence-electron chi connectivity index (χ3n) is 2.24. The van der Waals surface area contributed by atoms with Crippen LogP contribution in [0.1, 0.15) is 5.56 Å². The molecule has 0 bridgehead atoms. The zero-order valence-electron chi connectivity index (χ0n) is 7.78. The van der Waals surface area contributed by atoms with Crippen LogP contribution in [0.5, 0.6) is 0 Å². The summed E-state index contributed by atoms with van der Waals surface area (Å²) < 4.78 is 51.1. The Morgan fingerprint density at radius 3 is 2.31 bits per heavy atom. The molecule has 0 amide bonds. The van der Waals surface area contributed by atoms with E-state index < -0.39 is 22.6 Å². The first kappa shape index (κ1) is 11.2. The summed E-state index contributed by atoms with van der Waals surface area (Å²) in [6, 6.07) is 5.92. The molecule has 0 nitrogen and oxygen atoms in total. The van der Waals surface area contributed by atoms with Crippen molar-refractivity contribution in [1.29, 1.82) is 0 Å². The molecule has 0 fully saturated rings. The van der Waals surface area contributed by atoms with E-state index in [1.54, 1.807) is 0 Å². The molecule has 0 radical (unpaired) electrons. The fraction of sp³-hybridized carbons (Fsp3) is 0.0909. The van der Waals surface area contributed by atoms with Crippen LogP contribution in [-0.2, 0) is 6.18 Å². The number of fused-ring (bicyclic) bond motifs is 1. The average Bonchev–Trinajstić information content (AvgIpc) is 2.21. The second-order valence-electron chi connectivity index (χ2n) is 3.26. The van der Waals surface area contributed by atoms with Gasteiger partial charge >= 0.3 is 6.18 Å². The first-order valence-electron chi connectivity index (χ1n) is 4.35. The second kappa shape index (κ2) is 3.63. The van der Waals surface area contributed by atoms with E-state index in [0.717, 1.165) is 12.1 Å². The summed E-state index contributed by atoms with van der Waals surface area (Å²) >= 11 is 5.56. The van der Waals surface area contributed by atoms with Gasteiger partial charge in [0.05, 0.1) is 10.6 Å². The van der Waals surface area contributed by atoms with Gasteiger partial charge in [0.15, 0.2) is 0 Å². The van der Waals surface area contributed by atoms with Gasteiger partial charge in [-0.2, -0.15) is 13.2 Å². The summed E-state index contributed by atoms with van der Waals surface area (Å²) in [4.78, 5) is 0. The van der Waals surface area contributed by atoms with Crippen LogP contribution in [0.2, 0.25) is 5.02 Å². The Balaban J connectivity index is 2.91. The lowest BCUT2D eigenvalue weighted by Crippen LogP contribution is -2.06. The lowest BCUT2D eigenvalue weighted by Gasteiger charge is -2.11. The number of hydrogen-bond acceptors (Lipinski definition) is 0. The molecule has 16 heavy (non-hydrogen) atoms. The highest BCUT2D eigenvalue weighted by atomic mass is 35.5. The van der Waals surface area contributed by atoms with Gasteiger partial charge in [0.1, 0.15) is 5.82 Å². The predicted octanol–water partition coefficient (Wildman–Crippen LogP) is 4.65. The van der Waals surface area contributed by atoms with Gasteiger partial charge in [0, 0.05) is 5.39 Å². The van der Waals surface area contributed by atoms with Crippen molar-refractivity contribution in [3.8, 4) is 0 Å². The first-order valence-corrected chi connectivity index (χ1v) is 4.73. The largest absolute Gasteiger partial charge is 0.417 e. The minimum atomic E-state index is -4.54. The Morgan fingerprint density at radius 1 is 1.00 bits per heavy atom. The van der Waals surface area contributed by atoms with Crippen LogP contribution in [0.25, 0.3) is 10.8 Å². The van der Waals surface area contributed by atoms with Crippen LogP contribution >= 0.6 is 11.6 Å². The third-order valence-corrected chi connectivity index (χ3v) is 2.61. The summed E-state index contributed by atoms with van der Waals surface area (Å²) in [5.41, 5.74) is -0.922. The molecule has 2 aromatic rings. The molecule has 0 heterocycles. The van der Waals surface area contributed by atoms with Crippen molar-refractivity contribution in [3.05, 3.63) is 46.7 Å². The molecule has 0 spiro atoms. The van der Waals surface area contributed by atoms with Crippen molar-refractivity contribution >= 4 is 22.4 Å². The zero-order valence-corrected chi connectivity index (χ0v) is 8.53. The molecular weight excluding hydrogens is 244 g/mol. The fourth-order valence-electron chi connectivity index (χ4n) is 1.55. The van der Waals surface area contributed by atoms with Crippen LogP contribution in [0.15, 0.2) is 30.3 Å². The van der Waals surface area contributed by atoms with Gasteiger partial charge in [-0.3, -0.25) is 0 Å². The third kappa shape index (κ3) is 1.73. The van der Waals surface area contributed by atoms with Crippen molar-refractivity contribution in [3.63, 3.8) is 0 Å². The summed E-state index contributed by atoms with van der Waals surface area (Å²) in [5, 5.41) is -0.525. The number of alkyl halides is 3. The highest BCUT2D eigenvalue weighted by Crippen LogP contribution is 2.38. The molecule has 0 saturated carbocycles. The summed E-state index contributed by atoms with van der Waals surface area (Å²) in [7, 11) is 0. The Kier molecular flexibility index (Phi) is 2.54. The van der Waals surface area contributed by atoms with Crippen molar-refractivity contribution < 1.29 is 17.6 Å². The highest BCUT2D eigenvalue weighted by molar-refractivity contribution is 6.36. The molecule has 0 atom stereocenters. The molecule has 0 N–H and O–H groups in total. The Morgan fingerprint density at radius 2 is 1.69 bits per heavy atom. The quantitative estimate of drug-likeness (QED) is 0.595. The predicted molar refractivity (Wildman–Crippen MR) is 53.9 cm³/mol. The van der Waals surface area contributed by atoms with E-state index in [-0.39, 0.29) is 10.8 Å². The number of hydrogen-bond donors (Lipinski definition) is 0. The minimum Gasteiger partial charge on any atom is -0.205 e. The van der Waals surface area contributed by atoms with Crippen LogP contribution < -0.4 is 0 Å². The number of rotatable bonds is 0. The molecule has 2 aromatic carbocycles. The fourth-order valence-corrected chi connectivity index (χ4v) is 1.82. The van der Waals surface area contributed by atoms with Gasteiger partial charge in [0.2, 0.25) is 0 Å². The standard InChI is InChI=1S/C11H5ClF4/c12-10-8(13)5-4-6-2-1-3-7(9(6)10)11(14,15)16/h1-5H. The first-order chi connectivity index (χ1) is 7.41. The maximum absolute atomic E-state index is 13.1. The van der Waals surface area contributed by atoms with Crippen LogP contribution in [0.3, 0.4) is 0 Å². The van der Waals surface area contributed by atoms with Crippen molar-refractivity contribution in [2.75, 3.05) is 0 Å². The summed E-state index contributed by atoms with van der Waals surface area (Å²) in [5.74, 6) is -0.856. The summed E-state index contributed by atoms with van der Waals surface area (Å²) in [6.07, 6.45) is -4.54.